The minimum atomic E-state index is -0.551. The maximum Gasteiger partial charge on any atom is 0.314 e. The second-order valence-electron chi connectivity index (χ2n) is 5.03. The Balaban J connectivity index is 1.65. The van der Waals surface area contributed by atoms with Gasteiger partial charge in [-0.3, -0.25) is 9.80 Å². The van der Waals surface area contributed by atoms with Gasteiger partial charge in [-0.15, -0.1) is 0 Å². The van der Waals surface area contributed by atoms with Crippen molar-refractivity contribution in [1.82, 2.24) is 9.98 Å². The molecule has 0 aromatic carbocycles. The number of ether oxygens (including phenoxy) is 1. The first-order chi connectivity index (χ1) is 7.88. The number of hydrogen-bond acceptors (Lipinski definition) is 6. The number of aromatic nitrogens is 2. The van der Waals surface area contributed by atoms with Crippen LogP contribution in [0.4, 0.5) is 0 Å². The van der Waals surface area contributed by atoms with Crippen molar-refractivity contribution < 1.29 is 24.1 Å². The predicted molar refractivity (Wildman–Crippen MR) is 55.6 cm³/mol. The Morgan fingerprint density at radius 1 is 1.47 bits per heavy atom. The van der Waals surface area contributed by atoms with Gasteiger partial charge in [0.25, 0.3) is 6.79 Å². The number of rotatable bonds is 4. The van der Waals surface area contributed by atoms with Gasteiger partial charge >= 0.3 is 5.97 Å². The van der Waals surface area contributed by atoms with E-state index >= 15 is 0 Å². The number of aliphatic hydroxyl groups is 1. The highest BCUT2D eigenvalue weighted by molar-refractivity contribution is 5.75. The van der Waals surface area contributed by atoms with Crippen LogP contribution in [-0.4, -0.2) is 47.0 Å². The minimum absolute atomic E-state index is 0.205. The van der Waals surface area contributed by atoms with Gasteiger partial charge in [0.05, 0.1) is 29.6 Å². The minimum Gasteiger partial charge on any atom is -0.425 e. The maximum atomic E-state index is 11.4. The van der Waals surface area contributed by atoms with E-state index in [1.165, 1.54) is 4.96 Å². The second-order valence-corrected chi connectivity index (χ2v) is 5.03. The van der Waals surface area contributed by atoms with Crippen LogP contribution < -0.4 is 9.85 Å². The van der Waals surface area contributed by atoms with Crippen LogP contribution in [0, 0.1) is 5.41 Å². The van der Waals surface area contributed by atoms with Crippen LogP contribution in [0.1, 0.15) is 20.8 Å². The van der Waals surface area contributed by atoms with Crippen LogP contribution in [0.3, 0.4) is 0 Å². The zero-order chi connectivity index (χ0) is 12.6. The number of carbonyl (C=O) groups is 1. The monoisotopic (exact) mass is 247 g/mol. The fraction of sp³-hybridized carbons (Fsp3) is 0.889. The third-order valence-electron chi connectivity index (χ3n) is 2.31. The summed E-state index contributed by atoms with van der Waals surface area (Å²) in [6.07, 6.45) is -0.320. The summed E-state index contributed by atoms with van der Waals surface area (Å²) < 4.78 is 9.79. The van der Waals surface area contributed by atoms with Crippen molar-refractivity contribution in [3.8, 4) is 0 Å². The summed E-state index contributed by atoms with van der Waals surface area (Å²) in [5, 5.41) is 11.9. The van der Waals surface area contributed by atoms with Gasteiger partial charge in [0.1, 0.15) is 5.02 Å². The van der Waals surface area contributed by atoms with Gasteiger partial charge in [-0.2, -0.15) is 4.63 Å². The van der Waals surface area contributed by atoms with E-state index in [1.807, 2.05) is 0 Å². The van der Waals surface area contributed by atoms with Crippen molar-refractivity contribution in [1.29, 1.82) is 0 Å². The molecule has 0 radical (unpaired) electrons. The molecule has 0 atom stereocenters. The molecule has 0 unspecified atom stereocenters. The lowest BCUT2D eigenvalue weighted by molar-refractivity contribution is -0.168. The highest BCUT2D eigenvalue weighted by Gasteiger charge is 2.32. The fourth-order valence-electron chi connectivity index (χ4n) is 1.19. The molecular weight excluding hydrogens is 230 g/mol. The number of carbonyl (C=O) groups excluding carboxylic acids is 1. The molecule has 1 aliphatic heterocycles. The van der Waals surface area contributed by atoms with Gasteiger partial charge in [0.2, 0.25) is 0 Å². The molecule has 1 aromatic rings. The molecule has 1 aliphatic rings. The second kappa shape index (κ2) is 4.02. The molecule has 8 heteroatoms. The Kier molecular flexibility index (Phi) is 2.82. The molecule has 17 heavy (non-hydrogen) atoms. The molecular formula is C9H17N3O5. The van der Waals surface area contributed by atoms with Gasteiger partial charge in [-0.25, -0.2) is 0 Å². The molecule has 0 spiro atoms. The van der Waals surface area contributed by atoms with E-state index in [4.69, 9.17) is 19.3 Å². The van der Waals surface area contributed by atoms with Gasteiger partial charge in [-0.05, 0) is 20.8 Å². The van der Waals surface area contributed by atoms with E-state index in [9.17, 15) is 4.79 Å². The van der Waals surface area contributed by atoms with E-state index in [1.54, 1.807) is 25.8 Å². The zero-order valence-electron chi connectivity index (χ0n) is 10.1. The van der Waals surface area contributed by atoms with Gasteiger partial charge in [0.15, 0.2) is 0 Å². The molecule has 2 rings (SSSR count). The topological polar surface area (TPSA) is 82.0 Å². The highest BCUT2D eigenvalue weighted by Crippen LogP contribution is 2.15. The quantitative estimate of drug-likeness (QED) is 0.552. The first kappa shape index (κ1) is 11.9. The molecule has 1 fully saturated rings. The summed E-state index contributed by atoms with van der Waals surface area (Å²) in [4.78, 5) is 17.7. The van der Waals surface area contributed by atoms with Crippen LogP contribution in [-0.2, 0) is 9.53 Å². The Labute approximate surface area is 98.1 Å². The van der Waals surface area contributed by atoms with Crippen molar-refractivity contribution in [3.05, 3.63) is 0 Å². The van der Waals surface area contributed by atoms with Crippen LogP contribution in [0.5, 0.6) is 0 Å². The van der Waals surface area contributed by atoms with Crippen molar-refractivity contribution in [2.24, 2.45) is 5.41 Å². The Morgan fingerprint density at radius 3 is 2.65 bits per heavy atom. The van der Waals surface area contributed by atoms with Crippen LogP contribution in [0.15, 0.2) is 4.63 Å². The van der Waals surface area contributed by atoms with Gasteiger partial charge < -0.3 is 14.7 Å². The summed E-state index contributed by atoms with van der Waals surface area (Å²) in [6.45, 7) is 6.08. The van der Waals surface area contributed by atoms with E-state index in [0.29, 0.717) is 13.1 Å². The molecule has 0 amide bonds. The third kappa shape index (κ3) is 2.76. The number of aliphatic hydroxyl groups excluding tert-OH is 1. The molecule has 1 saturated heterocycles. The molecule has 8 nitrogen and oxygen atoms in total. The summed E-state index contributed by atoms with van der Waals surface area (Å²) in [7, 11) is 0. The van der Waals surface area contributed by atoms with Gasteiger partial charge in [0, 0.05) is 0 Å². The fourth-order valence-corrected chi connectivity index (χ4v) is 1.19. The first-order valence-corrected chi connectivity index (χ1v) is 5.39. The molecule has 98 valence electrons. The van der Waals surface area contributed by atoms with Crippen molar-refractivity contribution >= 4 is 5.97 Å². The number of nitrogens with zero attached hydrogens (tertiary/aromatic N) is 3. The smallest absolute Gasteiger partial charge is 0.314 e. The predicted octanol–water partition coefficient (Wildman–Crippen LogP) is -0.829. The van der Waals surface area contributed by atoms with E-state index in [2.05, 4.69) is 0 Å². The molecule has 1 aromatic heterocycles. The van der Waals surface area contributed by atoms with E-state index < -0.39 is 5.41 Å². The highest BCUT2D eigenvalue weighted by atomic mass is 17.0. The number of esters is 1. The van der Waals surface area contributed by atoms with E-state index in [0.717, 1.165) is 5.02 Å². The first-order valence-electron chi connectivity index (χ1n) is 5.39. The number of hydrogen-bond donors (Lipinski definition) is 1. The molecule has 0 saturated carbocycles. The third-order valence-corrected chi connectivity index (χ3v) is 2.31. The summed E-state index contributed by atoms with van der Waals surface area (Å²) in [5.41, 5.74) is -0.551. The lowest BCUT2D eigenvalue weighted by Gasteiger charge is -2.31. The molecule has 2 heterocycles. The molecule has 0 aliphatic carbocycles. The van der Waals surface area contributed by atoms with Gasteiger partial charge in [-0.1, -0.05) is 0 Å². The van der Waals surface area contributed by atoms with Crippen LogP contribution in [0.25, 0.3) is 0 Å². The Hall–Kier alpha value is -1.57. The molecule has 1 N–H and O–H groups in total. The Morgan fingerprint density at radius 2 is 2.12 bits per heavy atom. The average molecular weight is 247 g/mol. The summed E-state index contributed by atoms with van der Waals surface area (Å²) in [5.74, 6) is -0.342. The Bertz CT molecular complexity index is 379. The average Bonchev–Trinajstić information content (AvgIpc) is 2.90. The van der Waals surface area contributed by atoms with E-state index in [-0.39, 0.29) is 18.9 Å². The lowest BCUT2D eigenvalue weighted by Crippen LogP contribution is -2.55. The summed E-state index contributed by atoms with van der Waals surface area (Å²) >= 11 is 0. The van der Waals surface area contributed by atoms with Crippen molar-refractivity contribution in [2.75, 3.05) is 24.9 Å². The molecule has 0 bridgehead atoms. The lowest BCUT2D eigenvalue weighted by atomic mass is 9.98. The SMILES string of the molecule is CC(C)(C)C(=O)OCOn1on1N1CC(O)C1. The van der Waals surface area contributed by atoms with Crippen LogP contribution >= 0.6 is 0 Å². The largest absolute Gasteiger partial charge is 0.425 e. The maximum absolute atomic E-state index is 11.4. The van der Waals surface area contributed by atoms with Crippen molar-refractivity contribution in [2.45, 2.75) is 26.9 Å². The normalized spacial score (nSPS) is 17.1. The van der Waals surface area contributed by atoms with Crippen molar-refractivity contribution in [3.63, 3.8) is 0 Å². The standard InChI is InChI=1S/C9H17N3O5/c1-9(2,3)8(14)15-6-16-12-11(17-12)10-4-7(13)5-10/h7,13H,4-6H2,1-3H3. The van der Waals surface area contributed by atoms with Crippen LogP contribution in [0.2, 0.25) is 0 Å². The number of β-amino-alcohol motifs (C(OH)–C–C–N with tert-alkyl or cyclic N) is 1. The summed E-state index contributed by atoms with van der Waals surface area (Å²) in [6, 6.07) is 0. The zero-order valence-corrected chi connectivity index (χ0v) is 10.1.